The summed E-state index contributed by atoms with van der Waals surface area (Å²) in [5.41, 5.74) is 4.67. The standard InChI is InChI=1S/C31H26N2O4/c1-19-7-6-8-22(15-19)18-37-28-14-13-23-9-4-5-10-24(23)25(28)17-26-29(34)32-31(36)33(30(26)35)27-16-20(2)11-12-21(27)3/h4-17H,18H2,1-3H3,(H,32,34,36)/b26-17+. The van der Waals surface area contributed by atoms with Gasteiger partial charge in [0.05, 0.1) is 5.69 Å². The van der Waals surface area contributed by atoms with Gasteiger partial charge in [-0.15, -0.1) is 0 Å². The van der Waals surface area contributed by atoms with E-state index in [0.717, 1.165) is 37.9 Å². The number of aryl methyl sites for hydroxylation is 3. The molecule has 0 atom stereocenters. The molecular formula is C31H26N2O4. The van der Waals surface area contributed by atoms with Gasteiger partial charge in [-0.3, -0.25) is 14.9 Å². The third-order valence-electron chi connectivity index (χ3n) is 6.40. The van der Waals surface area contributed by atoms with E-state index >= 15 is 0 Å². The predicted molar refractivity (Wildman–Crippen MR) is 144 cm³/mol. The van der Waals surface area contributed by atoms with Gasteiger partial charge in [-0.2, -0.15) is 0 Å². The molecule has 5 rings (SSSR count). The van der Waals surface area contributed by atoms with E-state index in [2.05, 4.69) is 5.32 Å². The van der Waals surface area contributed by atoms with Crippen molar-refractivity contribution >= 4 is 40.4 Å². The Labute approximate surface area is 215 Å². The number of rotatable bonds is 5. The summed E-state index contributed by atoms with van der Waals surface area (Å²) in [6.45, 7) is 6.04. The van der Waals surface area contributed by atoms with Crippen LogP contribution in [0.3, 0.4) is 0 Å². The summed E-state index contributed by atoms with van der Waals surface area (Å²) in [4.78, 5) is 40.3. The molecule has 0 bridgehead atoms. The normalized spacial score (nSPS) is 14.8. The van der Waals surface area contributed by atoms with E-state index in [4.69, 9.17) is 4.74 Å². The highest BCUT2D eigenvalue weighted by Crippen LogP contribution is 2.33. The van der Waals surface area contributed by atoms with E-state index in [1.165, 1.54) is 6.08 Å². The highest BCUT2D eigenvalue weighted by atomic mass is 16.5. The molecule has 1 N–H and O–H groups in total. The minimum atomic E-state index is -0.769. The Kier molecular flexibility index (Phi) is 6.32. The van der Waals surface area contributed by atoms with E-state index in [0.29, 0.717) is 23.6 Å². The summed E-state index contributed by atoms with van der Waals surface area (Å²) in [7, 11) is 0. The number of nitrogens with zero attached hydrogens (tertiary/aromatic N) is 1. The van der Waals surface area contributed by atoms with Crippen molar-refractivity contribution in [1.82, 2.24) is 5.32 Å². The highest BCUT2D eigenvalue weighted by molar-refractivity contribution is 6.39. The molecule has 1 fully saturated rings. The zero-order valence-electron chi connectivity index (χ0n) is 20.9. The van der Waals surface area contributed by atoms with Crippen molar-refractivity contribution in [2.45, 2.75) is 27.4 Å². The summed E-state index contributed by atoms with van der Waals surface area (Å²) >= 11 is 0. The molecule has 1 heterocycles. The van der Waals surface area contributed by atoms with Gasteiger partial charge in [0, 0.05) is 5.56 Å². The number of anilines is 1. The van der Waals surface area contributed by atoms with Crippen LogP contribution in [0.2, 0.25) is 0 Å². The molecule has 1 aliphatic rings. The van der Waals surface area contributed by atoms with Crippen LogP contribution < -0.4 is 15.0 Å². The van der Waals surface area contributed by atoms with Crippen LogP contribution in [-0.4, -0.2) is 17.8 Å². The summed E-state index contributed by atoms with van der Waals surface area (Å²) in [5.74, 6) is -0.891. The SMILES string of the molecule is Cc1cccc(COc2ccc3ccccc3c2/C=C2\C(=O)NC(=O)N(c3cc(C)ccc3C)C2=O)c1. The van der Waals surface area contributed by atoms with E-state index in [1.807, 2.05) is 93.6 Å². The summed E-state index contributed by atoms with van der Waals surface area (Å²) in [6, 6.07) is 24.2. The Balaban J connectivity index is 1.60. The van der Waals surface area contributed by atoms with Gasteiger partial charge in [0.1, 0.15) is 17.9 Å². The molecule has 0 radical (unpaired) electrons. The molecule has 37 heavy (non-hydrogen) atoms. The number of hydrogen-bond donors (Lipinski definition) is 1. The second-order valence-corrected chi connectivity index (χ2v) is 9.22. The third kappa shape index (κ3) is 4.74. The van der Waals surface area contributed by atoms with Gasteiger partial charge in [0.15, 0.2) is 0 Å². The van der Waals surface area contributed by atoms with Gasteiger partial charge < -0.3 is 4.74 Å². The molecule has 4 amide bonds. The lowest BCUT2D eigenvalue weighted by Gasteiger charge is -2.28. The Morgan fingerprint density at radius 3 is 2.43 bits per heavy atom. The number of fused-ring (bicyclic) bond motifs is 1. The fourth-order valence-electron chi connectivity index (χ4n) is 4.49. The number of imide groups is 2. The Morgan fingerprint density at radius 2 is 1.62 bits per heavy atom. The number of hydrogen-bond acceptors (Lipinski definition) is 4. The number of barbiturate groups is 1. The average molecular weight is 491 g/mol. The highest BCUT2D eigenvalue weighted by Gasteiger charge is 2.37. The van der Waals surface area contributed by atoms with Crippen LogP contribution in [0, 0.1) is 20.8 Å². The van der Waals surface area contributed by atoms with Crippen molar-refractivity contribution in [2.24, 2.45) is 0 Å². The first-order valence-corrected chi connectivity index (χ1v) is 12.0. The topological polar surface area (TPSA) is 75.7 Å². The maximum atomic E-state index is 13.6. The molecule has 0 aromatic heterocycles. The smallest absolute Gasteiger partial charge is 0.335 e. The van der Waals surface area contributed by atoms with Crippen LogP contribution in [-0.2, 0) is 16.2 Å². The zero-order valence-corrected chi connectivity index (χ0v) is 20.9. The number of nitrogens with one attached hydrogen (secondary N) is 1. The molecule has 0 unspecified atom stereocenters. The number of carbonyl (C=O) groups excluding carboxylic acids is 3. The first-order chi connectivity index (χ1) is 17.8. The largest absolute Gasteiger partial charge is 0.488 e. The van der Waals surface area contributed by atoms with E-state index in [-0.39, 0.29) is 5.57 Å². The molecule has 0 saturated carbocycles. The molecule has 0 aliphatic carbocycles. The molecule has 6 nitrogen and oxygen atoms in total. The van der Waals surface area contributed by atoms with Crippen molar-refractivity contribution < 1.29 is 19.1 Å². The minimum absolute atomic E-state index is 0.141. The van der Waals surface area contributed by atoms with Crippen LogP contribution in [0.1, 0.15) is 27.8 Å². The molecule has 6 heteroatoms. The number of urea groups is 1. The van der Waals surface area contributed by atoms with Gasteiger partial charge in [0.2, 0.25) is 0 Å². The lowest BCUT2D eigenvalue weighted by atomic mass is 9.99. The third-order valence-corrected chi connectivity index (χ3v) is 6.40. The predicted octanol–water partition coefficient (Wildman–Crippen LogP) is 6.01. The molecule has 184 valence electrons. The molecular weight excluding hydrogens is 464 g/mol. The van der Waals surface area contributed by atoms with Crippen molar-refractivity contribution in [3.8, 4) is 5.75 Å². The second-order valence-electron chi connectivity index (χ2n) is 9.22. The van der Waals surface area contributed by atoms with Crippen LogP contribution >= 0.6 is 0 Å². The van der Waals surface area contributed by atoms with E-state index in [1.54, 1.807) is 6.07 Å². The lowest BCUT2D eigenvalue weighted by molar-refractivity contribution is -0.122. The van der Waals surface area contributed by atoms with Gasteiger partial charge in [0.25, 0.3) is 11.8 Å². The summed E-state index contributed by atoms with van der Waals surface area (Å²) in [5, 5.41) is 4.09. The number of ether oxygens (including phenoxy) is 1. The maximum absolute atomic E-state index is 13.6. The van der Waals surface area contributed by atoms with Gasteiger partial charge in [-0.1, -0.05) is 72.3 Å². The van der Waals surface area contributed by atoms with Gasteiger partial charge >= 0.3 is 6.03 Å². The van der Waals surface area contributed by atoms with Gasteiger partial charge in [-0.25, -0.2) is 9.69 Å². The second kappa shape index (κ2) is 9.74. The molecule has 1 saturated heterocycles. The number of amides is 4. The van der Waals surface area contributed by atoms with Crippen molar-refractivity contribution in [3.05, 3.63) is 112 Å². The van der Waals surface area contributed by atoms with Crippen LogP contribution in [0.5, 0.6) is 5.75 Å². The first kappa shape index (κ1) is 24.0. The van der Waals surface area contributed by atoms with Crippen LogP contribution in [0.25, 0.3) is 16.8 Å². The average Bonchev–Trinajstić information content (AvgIpc) is 2.87. The lowest BCUT2D eigenvalue weighted by Crippen LogP contribution is -2.54. The number of benzene rings is 4. The molecule has 4 aromatic carbocycles. The quantitative estimate of drug-likeness (QED) is 0.275. The maximum Gasteiger partial charge on any atom is 0.335 e. The zero-order chi connectivity index (χ0) is 26.1. The van der Waals surface area contributed by atoms with Crippen molar-refractivity contribution in [3.63, 3.8) is 0 Å². The van der Waals surface area contributed by atoms with E-state index < -0.39 is 17.8 Å². The van der Waals surface area contributed by atoms with Crippen LogP contribution in [0.4, 0.5) is 10.5 Å². The van der Waals surface area contributed by atoms with Gasteiger partial charge in [-0.05, 0) is 66.4 Å². The van der Waals surface area contributed by atoms with Crippen molar-refractivity contribution in [1.29, 1.82) is 0 Å². The van der Waals surface area contributed by atoms with E-state index in [9.17, 15) is 14.4 Å². The molecule has 0 spiro atoms. The Bertz CT molecular complexity index is 1600. The summed E-state index contributed by atoms with van der Waals surface area (Å²) < 4.78 is 6.20. The Hall–Kier alpha value is -4.71. The Morgan fingerprint density at radius 1 is 0.838 bits per heavy atom. The fraction of sp³-hybridized carbons (Fsp3) is 0.129. The monoisotopic (exact) mass is 490 g/mol. The summed E-state index contributed by atoms with van der Waals surface area (Å²) in [6.07, 6.45) is 1.52. The first-order valence-electron chi connectivity index (χ1n) is 12.0. The fourth-order valence-corrected chi connectivity index (χ4v) is 4.49. The minimum Gasteiger partial charge on any atom is -0.488 e. The molecule has 4 aromatic rings. The molecule has 1 aliphatic heterocycles. The van der Waals surface area contributed by atoms with Crippen molar-refractivity contribution in [2.75, 3.05) is 4.90 Å². The van der Waals surface area contributed by atoms with Crippen LogP contribution in [0.15, 0.2) is 84.4 Å². The number of carbonyl (C=O) groups is 3.